The van der Waals surface area contributed by atoms with Crippen LogP contribution in [0.15, 0.2) is 57.7 Å². The normalized spacial score (nSPS) is 15.2. The summed E-state index contributed by atoms with van der Waals surface area (Å²) in [5.74, 6) is 1.13. The first-order valence-electron chi connectivity index (χ1n) is 8.13. The van der Waals surface area contributed by atoms with Crippen molar-refractivity contribution in [2.45, 2.75) is 31.6 Å². The fourth-order valence-electron chi connectivity index (χ4n) is 2.95. The van der Waals surface area contributed by atoms with Crippen LogP contribution in [-0.2, 0) is 16.6 Å². The second-order valence-electron chi connectivity index (χ2n) is 6.10. The highest BCUT2D eigenvalue weighted by Crippen LogP contribution is 2.49. The molecule has 0 spiro atoms. The summed E-state index contributed by atoms with van der Waals surface area (Å²) in [5.41, 5.74) is 2.07. The second-order valence-corrected chi connectivity index (χ2v) is 6.10. The number of hydrogen-bond donors (Lipinski definition) is 1. The molecule has 1 aliphatic carbocycles. The lowest BCUT2D eigenvalue weighted by Gasteiger charge is -2.14. The summed E-state index contributed by atoms with van der Waals surface area (Å²) in [5, 5.41) is 7.18. The Labute approximate surface area is 139 Å². The van der Waals surface area contributed by atoms with Crippen LogP contribution in [0.2, 0.25) is 0 Å². The van der Waals surface area contributed by atoms with E-state index < -0.39 is 5.41 Å². The third-order valence-corrected chi connectivity index (χ3v) is 4.60. The number of anilines is 1. The van der Waals surface area contributed by atoms with E-state index >= 15 is 0 Å². The average Bonchev–Trinajstić information content (AvgIpc) is 3.02. The van der Waals surface area contributed by atoms with Crippen LogP contribution < -0.4 is 5.32 Å². The largest absolute Gasteiger partial charge is 0.461 e. The van der Waals surface area contributed by atoms with Gasteiger partial charge < -0.3 is 14.3 Å². The summed E-state index contributed by atoms with van der Waals surface area (Å²) in [7, 11) is 0. The van der Waals surface area contributed by atoms with Crippen LogP contribution in [-0.4, -0.2) is 11.1 Å². The number of furan rings is 1. The minimum absolute atomic E-state index is 0.0253. The van der Waals surface area contributed by atoms with Crippen LogP contribution in [0.5, 0.6) is 0 Å². The number of aryl methyl sites for hydroxylation is 1. The van der Waals surface area contributed by atoms with Crippen molar-refractivity contribution >= 4 is 11.6 Å². The van der Waals surface area contributed by atoms with Gasteiger partial charge in [-0.05, 0) is 43.0 Å². The molecule has 1 N–H and O–H groups in total. The molecule has 4 rings (SSSR count). The number of benzene rings is 1. The quantitative estimate of drug-likeness (QED) is 0.765. The van der Waals surface area contributed by atoms with Gasteiger partial charge in [0.2, 0.25) is 11.7 Å². The van der Waals surface area contributed by atoms with Gasteiger partial charge in [0.15, 0.2) is 5.76 Å². The van der Waals surface area contributed by atoms with E-state index in [1.807, 2.05) is 24.3 Å². The Bertz CT molecular complexity index is 860. The van der Waals surface area contributed by atoms with Crippen molar-refractivity contribution in [3.8, 4) is 11.5 Å². The Hall–Kier alpha value is -2.82. The number of amides is 1. The van der Waals surface area contributed by atoms with Gasteiger partial charge in [0, 0.05) is 11.8 Å². The molecule has 5 nitrogen and oxygen atoms in total. The first kappa shape index (κ1) is 14.8. The SMILES string of the molecule is CCc1ccccc1NC(=O)C1(c2cc(-c3ccco3)on2)CC1. The third-order valence-electron chi connectivity index (χ3n) is 4.60. The Kier molecular flexibility index (Phi) is 3.49. The molecule has 2 heterocycles. The molecule has 1 fully saturated rings. The number of nitrogens with one attached hydrogen (secondary N) is 1. The second kappa shape index (κ2) is 5.67. The highest BCUT2D eigenvalue weighted by atomic mass is 16.5. The van der Waals surface area contributed by atoms with Crippen molar-refractivity contribution in [1.82, 2.24) is 5.16 Å². The predicted molar refractivity (Wildman–Crippen MR) is 89.6 cm³/mol. The van der Waals surface area contributed by atoms with E-state index in [9.17, 15) is 4.79 Å². The number of aromatic nitrogens is 1. The summed E-state index contributed by atoms with van der Waals surface area (Å²) < 4.78 is 10.7. The lowest BCUT2D eigenvalue weighted by Crippen LogP contribution is -2.28. The maximum atomic E-state index is 12.8. The molecule has 1 aromatic carbocycles. The van der Waals surface area contributed by atoms with Gasteiger partial charge in [-0.25, -0.2) is 0 Å². The molecule has 0 atom stereocenters. The van der Waals surface area contributed by atoms with Crippen molar-refractivity contribution in [2.75, 3.05) is 5.32 Å². The van der Waals surface area contributed by atoms with E-state index in [1.165, 1.54) is 0 Å². The minimum Gasteiger partial charge on any atom is -0.461 e. The van der Waals surface area contributed by atoms with E-state index in [1.54, 1.807) is 24.5 Å². The first-order valence-corrected chi connectivity index (χ1v) is 8.13. The Morgan fingerprint density at radius 3 is 2.75 bits per heavy atom. The molecule has 1 saturated carbocycles. The highest BCUT2D eigenvalue weighted by Gasteiger charge is 2.54. The number of hydrogen-bond acceptors (Lipinski definition) is 4. The number of rotatable bonds is 5. The summed E-state index contributed by atoms with van der Waals surface area (Å²) >= 11 is 0. The monoisotopic (exact) mass is 322 g/mol. The van der Waals surface area contributed by atoms with E-state index in [0.29, 0.717) is 17.2 Å². The molecule has 122 valence electrons. The minimum atomic E-state index is -0.588. The topological polar surface area (TPSA) is 68.3 Å². The number of nitrogens with zero attached hydrogens (tertiary/aromatic N) is 1. The van der Waals surface area contributed by atoms with Gasteiger partial charge in [0.05, 0.1) is 17.4 Å². The Balaban J connectivity index is 1.58. The molecule has 2 aromatic heterocycles. The molecule has 1 aliphatic rings. The predicted octanol–water partition coefficient (Wildman–Crippen LogP) is 4.17. The molecule has 0 radical (unpaired) electrons. The fourth-order valence-corrected chi connectivity index (χ4v) is 2.95. The smallest absolute Gasteiger partial charge is 0.236 e. The maximum absolute atomic E-state index is 12.8. The van der Waals surface area contributed by atoms with Crippen molar-refractivity contribution in [2.24, 2.45) is 0 Å². The van der Waals surface area contributed by atoms with Gasteiger partial charge in [0.1, 0.15) is 0 Å². The van der Waals surface area contributed by atoms with Crippen LogP contribution in [0, 0.1) is 0 Å². The number of carbonyl (C=O) groups excluding carboxylic acids is 1. The van der Waals surface area contributed by atoms with Gasteiger partial charge in [-0.2, -0.15) is 0 Å². The van der Waals surface area contributed by atoms with E-state index in [0.717, 1.165) is 30.5 Å². The molecule has 0 unspecified atom stereocenters. The van der Waals surface area contributed by atoms with Crippen molar-refractivity contribution in [3.05, 3.63) is 60.0 Å². The van der Waals surface area contributed by atoms with Gasteiger partial charge in [0.25, 0.3) is 0 Å². The van der Waals surface area contributed by atoms with E-state index in [-0.39, 0.29) is 5.91 Å². The van der Waals surface area contributed by atoms with Crippen LogP contribution in [0.25, 0.3) is 11.5 Å². The molecule has 1 amide bonds. The van der Waals surface area contributed by atoms with Crippen LogP contribution in [0.4, 0.5) is 5.69 Å². The number of para-hydroxylation sites is 1. The molecule has 0 saturated heterocycles. The zero-order valence-corrected chi connectivity index (χ0v) is 13.4. The van der Waals surface area contributed by atoms with Crippen LogP contribution in [0.3, 0.4) is 0 Å². The number of carbonyl (C=O) groups is 1. The molecule has 5 heteroatoms. The summed E-state index contributed by atoms with van der Waals surface area (Å²) in [6.45, 7) is 2.07. The summed E-state index contributed by atoms with van der Waals surface area (Å²) in [4.78, 5) is 12.8. The van der Waals surface area contributed by atoms with Gasteiger partial charge in [-0.3, -0.25) is 4.79 Å². The van der Waals surface area contributed by atoms with E-state index in [4.69, 9.17) is 8.94 Å². The highest BCUT2D eigenvalue weighted by molar-refractivity contribution is 6.01. The molecular formula is C19H18N2O3. The molecule has 0 bridgehead atoms. The zero-order valence-electron chi connectivity index (χ0n) is 13.4. The van der Waals surface area contributed by atoms with Crippen molar-refractivity contribution in [3.63, 3.8) is 0 Å². The van der Waals surface area contributed by atoms with Crippen LogP contribution in [0.1, 0.15) is 31.0 Å². The summed E-state index contributed by atoms with van der Waals surface area (Å²) in [6.07, 6.45) is 4.00. The zero-order chi connectivity index (χ0) is 16.6. The van der Waals surface area contributed by atoms with E-state index in [2.05, 4.69) is 17.4 Å². The van der Waals surface area contributed by atoms with Gasteiger partial charge in [-0.15, -0.1) is 0 Å². The third kappa shape index (κ3) is 2.42. The average molecular weight is 322 g/mol. The maximum Gasteiger partial charge on any atom is 0.236 e. The van der Waals surface area contributed by atoms with Crippen molar-refractivity contribution in [1.29, 1.82) is 0 Å². The molecular weight excluding hydrogens is 304 g/mol. The lowest BCUT2D eigenvalue weighted by molar-refractivity contribution is -0.118. The lowest BCUT2D eigenvalue weighted by atomic mass is 10.00. The van der Waals surface area contributed by atoms with Crippen molar-refractivity contribution < 1.29 is 13.7 Å². The standard InChI is InChI=1S/C19H18N2O3/c1-2-13-6-3-4-7-14(13)20-18(22)19(9-10-19)17-12-16(24-21-17)15-8-5-11-23-15/h3-8,11-12H,2,9-10H2,1H3,(H,20,22). The molecule has 0 aliphatic heterocycles. The summed E-state index contributed by atoms with van der Waals surface area (Å²) in [6, 6.07) is 13.3. The molecule has 24 heavy (non-hydrogen) atoms. The van der Waals surface area contributed by atoms with Crippen LogP contribution >= 0.6 is 0 Å². The first-order chi connectivity index (χ1) is 11.7. The fraction of sp³-hybridized carbons (Fsp3) is 0.263. The molecule has 3 aromatic rings. The van der Waals surface area contributed by atoms with Gasteiger partial charge >= 0.3 is 0 Å². The Morgan fingerprint density at radius 1 is 1.21 bits per heavy atom. The Morgan fingerprint density at radius 2 is 2.04 bits per heavy atom. The van der Waals surface area contributed by atoms with Gasteiger partial charge in [-0.1, -0.05) is 30.3 Å².